The molecule has 80 valence electrons. The minimum absolute atomic E-state index is 0.760. The molecule has 1 heterocycles. The Labute approximate surface area is 100 Å². The number of benzene rings is 1. The van der Waals surface area contributed by atoms with Crippen LogP contribution < -0.4 is 0 Å². The van der Waals surface area contributed by atoms with E-state index in [2.05, 4.69) is 24.1 Å². The quantitative estimate of drug-likeness (QED) is 0.749. The molecular formula is C14H12ClN. The molecular weight excluding hydrogens is 218 g/mol. The molecule has 1 aromatic carbocycles. The van der Waals surface area contributed by atoms with E-state index in [1.807, 2.05) is 36.5 Å². The van der Waals surface area contributed by atoms with Gasteiger partial charge in [0.25, 0.3) is 0 Å². The van der Waals surface area contributed by atoms with Crippen LogP contribution in [0.5, 0.6) is 0 Å². The summed E-state index contributed by atoms with van der Waals surface area (Å²) in [5.74, 6) is 0. The van der Waals surface area contributed by atoms with Crippen LogP contribution in [-0.2, 0) is 0 Å². The number of hydrogen-bond donors (Lipinski definition) is 0. The maximum absolute atomic E-state index is 5.83. The molecule has 0 aliphatic carbocycles. The summed E-state index contributed by atoms with van der Waals surface area (Å²) in [5, 5.41) is 0.760. The fourth-order valence-electron chi connectivity index (χ4n) is 1.49. The van der Waals surface area contributed by atoms with Crippen LogP contribution in [0, 0.1) is 0 Å². The Kier molecular flexibility index (Phi) is 3.37. The summed E-state index contributed by atoms with van der Waals surface area (Å²) in [7, 11) is 0. The fraction of sp³-hybridized carbons (Fsp3) is 0.0714. The van der Waals surface area contributed by atoms with Crippen molar-refractivity contribution in [3.8, 4) is 0 Å². The van der Waals surface area contributed by atoms with Crippen LogP contribution >= 0.6 is 11.6 Å². The first-order chi connectivity index (χ1) is 7.75. The zero-order valence-corrected chi connectivity index (χ0v) is 9.78. The van der Waals surface area contributed by atoms with E-state index in [0.717, 1.165) is 16.1 Å². The van der Waals surface area contributed by atoms with Crippen molar-refractivity contribution >= 4 is 23.3 Å². The number of allylic oxidation sites excluding steroid dienone is 1. The van der Waals surface area contributed by atoms with Gasteiger partial charge in [-0.2, -0.15) is 0 Å². The van der Waals surface area contributed by atoms with Crippen LogP contribution in [-0.4, -0.2) is 4.98 Å². The zero-order chi connectivity index (χ0) is 11.4. The van der Waals surface area contributed by atoms with Gasteiger partial charge in [0.15, 0.2) is 0 Å². The maximum Gasteiger partial charge on any atom is 0.0406 e. The van der Waals surface area contributed by atoms with E-state index < -0.39 is 0 Å². The van der Waals surface area contributed by atoms with E-state index in [1.54, 1.807) is 6.20 Å². The van der Waals surface area contributed by atoms with Crippen LogP contribution in [0.1, 0.15) is 18.1 Å². The summed E-state index contributed by atoms with van der Waals surface area (Å²) in [6, 6.07) is 11.8. The lowest BCUT2D eigenvalue weighted by Gasteiger charge is -2.01. The maximum atomic E-state index is 5.83. The first kappa shape index (κ1) is 10.9. The molecule has 2 aromatic rings. The van der Waals surface area contributed by atoms with Crippen LogP contribution in [0.3, 0.4) is 0 Å². The van der Waals surface area contributed by atoms with Gasteiger partial charge in [0, 0.05) is 17.4 Å². The largest absolute Gasteiger partial charge is 0.264 e. The second-order valence-electron chi connectivity index (χ2n) is 3.62. The Morgan fingerprint density at radius 1 is 1.19 bits per heavy atom. The number of nitrogens with zero attached hydrogens (tertiary/aromatic N) is 1. The second-order valence-corrected chi connectivity index (χ2v) is 4.06. The average Bonchev–Trinajstić information content (AvgIpc) is 2.33. The highest BCUT2D eigenvalue weighted by Gasteiger charge is 1.95. The molecule has 16 heavy (non-hydrogen) atoms. The Morgan fingerprint density at radius 2 is 1.94 bits per heavy atom. The lowest BCUT2D eigenvalue weighted by molar-refractivity contribution is 1.31. The number of halogens is 1. The fourth-order valence-corrected chi connectivity index (χ4v) is 1.61. The SMILES string of the molecule is CC(=Cc1ccc(Cl)cc1)c1cccnc1. The first-order valence-electron chi connectivity index (χ1n) is 5.10. The van der Waals surface area contributed by atoms with E-state index in [4.69, 9.17) is 11.6 Å². The third-order valence-electron chi connectivity index (χ3n) is 2.37. The van der Waals surface area contributed by atoms with Crippen molar-refractivity contribution < 1.29 is 0 Å². The summed E-state index contributed by atoms with van der Waals surface area (Å²) >= 11 is 5.83. The molecule has 1 aromatic heterocycles. The van der Waals surface area contributed by atoms with Gasteiger partial charge in [0.05, 0.1) is 0 Å². The van der Waals surface area contributed by atoms with E-state index in [-0.39, 0.29) is 0 Å². The molecule has 0 aliphatic rings. The van der Waals surface area contributed by atoms with Crippen molar-refractivity contribution in [2.75, 3.05) is 0 Å². The molecule has 0 aliphatic heterocycles. The monoisotopic (exact) mass is 229 g/mol. The minimum atomic E-state index is 0.760. The number of rotatable bonds is 2. The predicted octanol–water partition coefficient (Wildman–Crippen LogP) is 4.30. The van der Waals surface area contributed by atoms with Gasteiger partial charge < -0.3 is 0 Å². The predicted molar refractivity (Wildman–Crippen MR) is 69.2 cm³/mol. The number of aromatic nitrogens is 1. The molecule has 0 spiro atoms. The van der Waals surface area contributed by atoms with Crippen molar-refractivity contribution in [2.24, 2.45) is 0 Å². The highest BCUT2D eigenvalue weighted by Crippen LogP contribution is 2.17. The van der Waals surface area contributed by atoms with Crippen LogP contribution in [0.15, 0.2) is 48.8 Å². The number of pyridine rings is 1. The Hall–Kier alpha value is -1.60. The summed E-state index contributed by atoms with van der Waals surface area (Å²) in [4.78, 5) is 4.10. The van der Waals surface area contributed by atoms with Gasteiger partial charge in [-0.25, -0.2) is 0 Å². The standard InChI is InChI=1S/C14H12ClN/c1-11(13-3-2-8-16-10-13)9-12-4-6-14(15)7-5-12/h2-10H,1H3. The summed E-state index contributed by atoms with van der Waals surface area (Å²) in [6.45, 7) is 2.08. The summed E-state index contributed by atoms with van der Waals surface area (Å²) in [6.07, 6.45) is 5.76. The molecule has 2 heteroatoms. The van der Waals surface area contributed by atoms with Gasteiger partial charge in [-0.1, -0.05) is 35.9 Å². The van der Waals surface area contributed by atoms with E-state index in [0.29, 0.717) is 0 Å². The van der Waals surface area contributed by atoms with Gasteiger partial charge in [0.2, 0.25) is 0 Å². The van der Waals surface area contributed by atoms with Crippen molar-refractivity contribution in [3.63, 3.8) is 0 Å². The van der Waals surface area contributed by atoms with Crippen molar-refractivity contribution in [1.29, 1.82) is 0 Å². The zero-order valence-electron chi connectivity index (χ0n) is 9.02. The smallest absolute Gasteiger partial charge is 0.0406 e. The molecule has 1 nitrogen and oxygen atoms in total. The molecule has 0 radical (unpaired) electrons. The average molecular weight is 230 g/mol. The third-order valence-corrected chi connectivity index (χ3v) is 2.62. The molecule has 0 saturated carbocycles. The van der Waals surface area contributed by atoms with Crippen molar-refractivity contribution in [2.45, 2.75) is 6.92 Å². The highest BCUT2D eigenvalue weighted by molar-refractivity contribution is 6.30. The van der Waals surface area contributed by atoms with Gasteiger partial charge in [-0.3, -0.25) is 4.98 Å². The minimum Gasteiger partial charge on any atom is -0.264 e. The summed E-state index contributed by atoms with van der Waals surface area (Å²) < 4.78 is 0. The Balaban J connectivity index is 2.28. The lowest BCUT2D eigenvalue weighted by Crippen LogP contribution is -1.81. The highest BCUT2D eigenvalue weighted by atomic mass is 35.5. The molecule has 0 bridgehead atoms. The summed E-state index contributed by atoms with van der Waals surface area (Å²) in [5.41, 5.74) is 3.47. The molecule has 0 unspecified atom stereocenters. The number of hydrogen-bond acceptors (Lipinski definition) is 1. The van der Waals surface area contributed by atoms with E-state index in [1.165, 1.54) is 5.57 Å². The van der Waals surface area contributed by atoms with Gasteiger partial charge in [0.1, 0.15) is 0 Å². The second kappa shape index (κ2) is 4.95. The normalized spacial score (nSPS) is 11.5. The lowest BCUT2D eigenvalue weighted by atomic mass is 10.1. The van der Waals surface area contributed by atoms with Crippen LogP contribution in [0.2, 0.25) is 5.02 Å². The van der Waals surface area contributed by atoms with E-state index in [9.17, 15) is 0 Å². The molecule has 0 N–H and O–H groups in total. The van der Waals surface area contributed by atoms with E-state index >= 15 is 0 Å². The van der Waals surface area contributed by atoms with Gasteiger partial charge >= 0.3 is 0 Å². The first-order valence-corrected chi connectivity index (χ1v) is 5.48. The Bertz CT molecular complexity index is 486. The topological polar surface area (TPSA) is 12.9 Å². The van der Waals surface area contributed by atoms with Gasteiger partial charge in [-0.15, -0.1) is 0 Å². The third kappa shape index (κ3) is 2.71. The molecule has 0 amide bonds. The van der Waals surface area contributed by atoms with Crippen molar-refractivity contribution in [3.05, 3.63) is 64.9 Å². The van der Waals surface area contributed by atoms with Gasteiger partial charge in [-0.05, 0) is 41.8 Å². The molecule has 0 fully saturated rings. The van der Waals surface area contributed by atoms with Crippen LogP contribution in [0.25, 0.3) is 11.6 Å². The molecule has 2 rings (SSSR count). The molecule has 0 saturated heterocycles. The van der Waals surface area contributed by atoms with Crippen molar-refractivity contribution in [1.82, 2.24) is 4.98 Å². The Morgan fingerprint density at radius 3 is 2.56 bits per heavy atom. The molecule has 0 atom stereocenters. The van der Waals surface area contributed by atoms with Crippen LogP contribution in [0.4, 0.5) is 0 Å².